The minimum Gasteiger partial charge on any atom is -0.462 e. The number of carbonyl (C=O) groups excluding carboxylic acids is 3. The van der Waals surface area contributed by atoms with Crippen molar-refractivity contribution in [2.24, 2.45) is 0 Å². The smallest absolute Gasteiger partial charge is 0.306 e. The lowest BCUT2D eigenvalue weighted by molar-refractivity contribution is -0.167. The predicted octanol–water partition coefficient (Wildman–Crippen LogP) is 25.5. The van der Waals surface area contributed by atoms with E-state index in [2.05, 4.69) is 81.5 Å². The molecular formula is C77H140O6. The number of carbonyl (C=O) groups is 3. The molecule has 0 N–H and O–H groups in total. The molecule has 0 aliphatic carbocycles. The lowest BCUT2D eigenvalue weighted by atomic mass is 10.0. The van der Waals surface area contributed by atoms with E-state index in [9.17, 15) is 14.4 Å². The van der Waals surface area contributed by atoms with E-state index in [1.165, 1.54) is 250 Å². The van der Waals surface area contributed by atoms with Gasteiger partial charge < -0.3 is 14.2 Å². The Labute approximate surface area is 517 Å². The summed E-state index contributed by atoms with van der Waals surface area (Å²) in [7, 11) is 0. The van der Waals surface area contributed by atoms with Crippen LogP contribution in [0.4, 0.5) is 0 Å². The van der Waals surface area contributed by atoms with E-state index in [-0.39, 0.29) is 31.1 Å². The maximum absolute atomic E-state index is 13.0. The van der Waals surface area contributed by atoms with Crippen molar-refractivity contribution in [2.45, 2.75) is 399 Å². The molecule has 0 aromatic rings. The van der Waals surface area contributed by atoms with Crippen LogP contribution in [0.2, 0.25) is 0 Å². The van der Waals surface area contributed by atoms with Crippen molar-refractivity contribution in [1.29, 1.82) is 0 Å². The number of allylic oxidation sites excluding steroid dienone is 10. The summed E-state index contributed by atoms with van der Waals surface area (Å²) in [5, 5.41) is 0. The minimum absolute atomic E-state index is 0.0745. The molecule has 0 fully saturated rings. The standard InChI is InChI=1S/C77H140O6/c1-4-7-10-13-16-19-22-25-28-30-32-33-34-35-36-37-38-39-40-41-42-43-45-46-49-52-55-58-61-64-67-70-76(79)82-73-74(72-81-75(78)69-66-63-60-57-54-51-48-27-24-21-18-15-12-9-6-3)83-77(80)71-68-65-62-59-56-53-50-47-44-31-29-26-23-20-17-14-11-8-5-2/h9,12,18,21-22,25,27,30,32,48,74H,4-8,10-11,13-17,19-20,23-24,26,28-29,31,33-47,49-73H2,1-3H3/b12-9-,21-18-,25-22-,32-30-,48-27-. The van der Waals surface area contributed by atoms with E-state index in [0.717, 1.165) is 103 Å². The molecule has 0 aliphatic heterocycles. The molecule has 83 heavy (non-hydrogen) atoms. The van der Waals surface area contributed by atoms with E-state index < -0.39 is 6.10 Å². The molecule has 1 unspecified atom stereocenters. The molecule has 0 bridgehead atoms. The van der Waals surface area contributed by atoms with Gasteiger partial charge in [-0.1, -0.05) is 351 Å². The summed E-state index contributed by atoms with van der Waals surface area (Å²) < 4.78 is 17.0. The summed E-state index contributed by atoms with van der Waals surface area (Å²) in [4.78, 5) is 38.5. The number of unbranched alkanes of at least 4 members (excludes halogenated alkanes) is 47. The second-order valence-electron chi connectivity index (χ2n) is 24.8. The molecular weight excluding hydrogens is 1020 g/mol. The van der Waals surface area contributed by atoms with Gasteiger partial charge in [0, 0.05) is 19.3 Å². The Morgan fingerprint density at radius 2 is 0.470 bits per heavy atom. The third-order valence-corrected chi connectivity index (χ3v) is 16.5. The Bertz CT molecular complexity index is 1470. The van der Waals surface area contributed by atoms with Crippen LogP contribution < -0.4 is 0 Å². The first-order valence-electron chi connectivity index (χ1n) is 36.8. The first-order chi connectivity index (χ1) is 41.0. The second kappa shape index (κ2) is 71.6. The minimum atomic E-state index is -0.780. The van der Waals surface area contributed by atoms with Gasteiger partial charge in [0.15, 0.2) is 6.10 Å². The van der Waals surface area contributed by atoms with Crippen LogP contribution in [0.1, 0.15) is 393 Å². The maximum atomic E-state index is 13.0. The van der Waals surface area contributed by atoms with Crippen molar-refractivity contribution in [3.05, 3.63) is 60.8 Å². The highest BCUT2D eigenvalue weighted by Crippen LogP contribution is 2.19. The molecule has 0 amide bonds. The Morgan fingerprint density at radius 1 is 0.253 bits per heavy atom. The van der Waals surface area contributed by atoms with Crippen LogP contribution in [0.3, 0.4) is 0 Å². The van der Waals surface area contributed by atoms with Gasteiger partial charge in [0.2, 0.25) is 0 Å². The van der Waals surface area contributed by atoms with Gasteiger partial charge in [-0.15, -0.1) is 0 Å². The largest absolute Gasteiger partial charge is 0.462 e. The second-order valence-corrected chi connectivity index (χ2v) is 24.8. The SMILES string of the molecule is CC/C=C\C/C=C\C/C=C\CCCCCCCC(=O)OCC(COC(=O)CCCCCCCCCCCCCCCCCCCCC/C=C\C/C=C\CCCCCCC)OC(=O)CCCCCCCCCCCCCCCCCCCCC. The first-order valence-corrected chi connectivity index (χ1v) is 36.8. The van der Waals surface area contributed by atoms with E-state index in [1.807, 2.05) is 0 Å². The van der Waals surface area contributed by atoms with Gasteiger partial charge in [0.05, 0.1) is 0 Å². The third-order valence-electron chi connectivity index (χ3n) is 16.5. The molecule has 0 radical (unpaired) electrons. The van der Waals surface area contributed by atoms with Gasteiger partial charge in [-0.05, 0) is 83.5 Å². The Morgan fingerprint density at radius 3 is 0.735 bits per heavy atom. The Hall–Kier alpha value is -2.89. The highest BCUT2D eigenvalue weighted by Gasteiger charge is 2.19. The molecule has 0 saturated carbocycles. The summed E-state index contributed by atoms with van der Waals surface area (Å²) in [5.74, 6) is -0.865. The van der Waals surface area contributed by atoms with Gasteiger partial charge in [-0.2, -0.15) is 0 Å². The molecule has 0 rings (SSSR count). The van der Waals surface area contributed by atoms with Crippen LogP contribution >= 0.6 is 0 Å². The van der Waals surface area contributed by atoms with Crippen LogP contribution in [-0.2, 0) is 28.6 Å². The molecule has 484 valence electrons. The highest BCUT2D eigenvalue weighted by molar-refractivity contribution is 5.71. The Balaban J connectivity index is 4.20. The lowest BCUT2D eigenvalue weighted by Crippen LogP contribution is -2.30. The highest BCUT2D eigenvalue weighted by atomic mass is 16.6. The average molecular weight is 1160 g/mol. The summed E-state index contributed by atoms with van der Waals surface area (Å²) >= 11 is 0. The molecule has 0 aromatic carbocycles. The van der Waals surface area contributed by atoms with Crippen molar-refractivity contribution >= 4 is 17.9 Å². The van der Waals surface area contributed by atoms with Gasteiger partial charge in [-0.3, -0.25) is 14.4 Å². The molecule has 0 saturated heterocycles. The molecule has 0 spiro atoms. The quantitative estimate of drug-likeness (QED) is 0.0261. The maximum Gasteiger partial charge on any atom is 0.306 e. The Kier molecular flexibility index (Phi) is 69.1. The fourth-order valence-corrected chi connectivity index (χ4v) is 11.0. The van der Waals surface area contributed by atoms with Crippen LogP contribution in [0.25, 0.3) is 0 Å². The molecule has 0 aliphatic rings. The zero-order valence-electron chi connectivity index (χ0n) is 55.7. The van der Waals surface area contributed by atoms with E-state index in [0.29, 0.717) is 19.3 Å². The molecule has 0 heterocycles. The predicted molar refractivity (Wildman–Crippen MR) is 362 cm³/mol. The summed E-state index contributed by atoms with van der Waals surface area (Å²) in [6, 6.07) is 0. The molecule has 6 nitrogen and oxygen atoms in total. The summed E-state index contributed by atoms with van der Waals surface area (Å²) in [5.41, 5.74) is 0. The fourth-order valence-electron chi connectivity index (χ4n) is 11.0. The summed E-state index contributed by atoms with van der Waals surface area (Å²) in [6.45, 7) is 6.57. The number of esters is 3. The topological polar surface area (TPSA) is 78.9 Å². The van der Waals surface area contributed by atoms with Crippen molar-refractivity contribution in [2.75, 3.05) is 13.2 Å². The van der Waals surface area contributed by atoms with Crippen molar-refractivity contribution in [1.82, 2.24) is 0 Å². The zero-order chi connectivity index (χ0) is 59.9. The van der Waals surface area contributed by atoms with Gasteiger partial charge in [0.1, 0.15) is 13.2 Å². The van der Waals surface area contributed by atoms with E-state index in [1.54, 1.807) is 0 Å². The number of hydrogen-bond acceptors (Lipinski definition) is 6. The fraction of sp³-hybridized carbons (Fsp3) is 0.831. The van der Waals surface area contributed by atoms with E-state index in [4.69, 9.17) is 14.2 Å². The lowest BCUT2D eigenvalue weighted by Gasteiger charge is -2.18. The number of hydrogen-bond donors (Lipinski definition) is 0. The van der Waals surface area contributed by atoms with Crippen molar-refractivity contribution < 1.29 is 28.6 Å². The van der Waals surface area contributed by atoms with Crippen molar-refractivity contribution in [3.8, 4) is 0 Å². The monoisotopic (exact) mass is 1160 g/mol. The zero-order valence-corrected chi connectivity index (χ0v) is 55.7. The van der Waals surface area contributed by atoms with Crippen LogP contribution in [-0.4, -0.2) is 37.2 Å². The third kappa shape index (κ3) is 69.8. The van der Waals surface area contributed by atoms with Crippen LogP contribution in [0.15, 0.2) is 60.8 Å². The average Bonchev–Trinajstić information content (AvgIpc) is 3.50. The van der Waals surface area contributed by atoms with E-state index >= 15 is 0 Å². The molecule has 6 heteroatoms. The normalized spacial score (nSPS) is 12.4. The van der Waals surface area contributed by atoms with Gasteiger partial charge >= 0.3 is 17.9 Å². The number of ether oxygens (including phenoxy) is 3. The first kappa shape index (κ1) is 80.1. The van der Waals surface area contributed by atoms with Gasteiger partial charge in [-0.25, -0.2) is 0 Å². The molecule has 1 atom stereocenters. The van der Waals surface area contributed by atoms with Crippen molar-refractivity contribution in [3.63, 3.8) is 0 Å². The van der Waals surface area contributed by atoms with Crippen LogP contribution in [0.5, 0.6) is 0 Å². The summed E-state index contributed by atoms with van der Waals surface area (Å²) in [6.07, 6.45) is 92.7. The van der Waals surface area contributed by atoms with Crippen LogP contribution in [0, 0.1) is 0 Å². The molecule has 0 aromatic heterocycles. The number of rotatable bonds is 68. The van der Waals surface area contributed by atoms with Gasteiger partial charge in [0.25, 0.3) is 0 Å².